The predicted octanol–water partition coefficient (Wildman–Crippen LogP) is 2.60. The Balaban J connectivity index is 2.19. The third-order valence-corrected chi connectivity index (χ3v) is 2.46. The van der Waals surface area contributed by atoms with Crippen LogP contribution in [0.4, 0.5) is 4.39 Å². The monoisotopic (exact) mass is 248 g/mol. The van der Waals surface area contributed by atoms with Crippen molar-refractivity contribution in [2.75, 3.05) is 0 Å². The fraction of sp³-hybridized carbons (Fsp3) is 0.143. The zero-order valence-corrected chi connectivity index (χ0v) is 9.64. The molecule has 0 amide bonds. The first kappa shape index (κ1) is 12.5. The minimum Gasteiger partial charge on any atom is -0.457 e. The van der Waals surface area contributed by atoms with E-state index in [1.54, 1.807) is 30.3 Å². The van der Waals surface area contributed by atoms with Crippen molar-refractivity contribution < 1.29 is 19.3 Å². The molecule has 0 atom stereocenters. The second-order valence-corrected chi connectivity index (χ2v) is 3.86. The molecule has 2 rings (SSSR count). The smallest absolute Gasteiger partial charge is 0.130 e. The van der Waals surface area contributed by atoms with Gasteiger partial charge in [-0.25, -0.2) is 4.39 Å². The summed E-state index contributed by atoms with van der Waals surface area (Å²) in [5, 5.41) is 17.9. The Morgan fingerprint density at radius 3 is 2.11 bits per heavy atom. The summed E-state index contributed by atoms with van der Waals surface area (Å²) in [7, 11) is 0. The third kappa shape index (κ3) is 3.06. The third-order valence-electron chi connectivity index (χ3n) is 2.46. The Labute approximate surface area is 104 Å². The molecule has 3 nitrogen and oxygen atoms in total. The molecule has 2 aromatic rings. The van der Waals surface area contributed by atoms with E-state index in [0.717, 1.165) is 5.56 Å². The van der Waals surface area contributed by atoms with Crippen LogP contribution in [0.25, 0.3) is 0 Å². The molecular formula is C14H13FO3. The molecule has 0 bridgehead atoms. The minimum atomic E-state index is -0.455. The highest BCUT2D eigenvalue weighted by atomic mass is 19.1. The lowest BCUT2D eigenvalue weighted by molar-refractivity contribution is 0.280. The molecule has 2 N–H and O–H groups in total. The Morgan fingerprint density at radius 2 is 1.50 bits per heavy atom. The van der Waals surface area contributed by atoms with Gasteiger partial charge in [-0.1, -0.05) is 12.1 Å². The highest BCUT2D eigenvalue weighted by molar-refractivity contribution is 5.35. The van der Waals surface area contributed by atoms with E-state index in [0.29, 0.717) is 17.1 Å². The Bertz CT molecular complexity index is 523. The van der Waals surface area contributed by atoms with E-state index in [4.69, 9.17) is 14.9 Å². The van der Waals surface area contributed by atoms with Crippen LogP contribution in [0.1, 0.15) is 11.1 Å². The number of halogens is 1. The van der Waals surface area contributed by atoms with Gasteiger partial charge in [-0.3, -0.25) is 0 Å². The highest BCUT2D eigenvalue weighted by Crippen LogP contribution is 2.24. The van der Waals surface area contributed by atoms with Crippen LogP contribution in [-0.2, 0) is 13.2 Å². The van der Waals surface area contributed by atoms with E-state index in [1.165, 1.54) is 12.1 Å². The predicted molar refractivity (Wildman–Crippen MR) is 64.8 cm³/mol. The number of aliphatic hydroxyl groups is 2. The quantitative estimate of drug-likeness (QED) is 0.874. The van der Waals surface area contributed by atoms with Crippen molar-refractivity contribution in [2.24, 2.45) is 0 Å². The van der Waals surface area contributed by atoms with Crippen molar-refractivity contribution in [1.82, 2.24) is 0 Å². The lowest BCUT2D eigenvalue weighted by Crippen LogP contribution is -1.90. The van der Waals surface area contributed by atoms with Crippen molar-refractivity contribution in [3.05, 3.63) is 59.4 Å². The van der Waals surface area contributed by atoms with Gasteiger partial charge in [-0.15, -0.1) is 0 Å². The molecule has 0 aliphatic heterocycles. The first-order valence-electron chi connectivity index (χ1n) is 5.49. The molecule has 18 heavy (non-hydrogen) atoms. The lowest BCUT2D eigenvalue weighted by atomic mass is 10.2. The summed E-state index contributed by atoms with van der Waals surface area (Å²) in [6.45, 7) is -0.271. The van der Waals surface area contributed by atoms with Crippen molar-refractivity contribution in [1.29, 1.82) is 0 Å². The van der Waals surface area contributed by atoms with Crippen LogP contribution >= 0.6 is 0 Å². The second kappa shape index (κ2) is 5.62. The fourth-order valence-corrected chi connectivity index (χ4v) is 1.57. The Kier molecular flexibility index (Phi) is 3.92. The lowest BCUT2D eigenvalue weighted by Gasteiger charge is -2.08. The van der Waals surface area contributed by atoms with Gasteiger partial charge in [0.05, 0.1) is 13.2 Å². The van der Waals surface area contributed by atoms with Gasteiger partial charge in [0.15, 0.2) is 0 Å². The number of hydrogen-bond acceptors (Lipinski definition) is 3. The molecule has 0 fully saturated rings. The molecule has 0 radical (unpaired) electrons. The van der Waals surface area contributed by atoms with Crippen LogP contribution < -0.4 is 4.74 Å². The SMILES string of the molecule is OCc1ccc(Oc2cc(F)cc(CO)c2)cc1. The van der Waals surface area contributed by atoms with Gasteiger partial charge in [0.25, 0.3) is 0 Å². The van der Waals surface area contributed by atoms with Crippen LogP contribution in [-0.4, -0.2) is 10.2 Å². The number of benzene rings is 2. The summed E-state index contributed by atoms with van der Waals surface area (Å²) in [5.41, 5.74) is 1.23. The zero-order valence-electron chi connectivity index (χ0n) is 9.64. The first-order chi connectivity index (χ1) is 8.71. The van der Waals surface area contributed by atoms with Gasteiger partial charge in [0, 0.05) is 6.07 Å². The molecule has 0 aliphatic rings. The van der Waals surface area contributed by atoms with Gasteiger partial charge in [0.2, 0.25) is 0 Å². The molecule has 0 unspecified atom stereocenters. The van der Waals surface area contributed by atoms with Gasteiger partial charge >= 0.3 is 0 Å². The molecule has 0 spiro atoms. The molecule has 0 saturated carbocycles. The van der Waals surface area contributed by atoms with Gasteiger partial charge in [0.1, 0.15) is 17.3 Å². The summed E-state index contributed by atoms with van der Waals surface area (Å²) >= 11 is 0. The summed E-state index contributed by atoms with van der Waals surface area (Å²) < 4.78 is 18.7. The van der Waals surface area contributed by atoms with E-state index in [9.17, 15) is 4.39 Å². The molecule has 0 aromatic heterocycles. The van der Waals surface area contributed by atoms with Crippen LogP contribution in [0.15, 0.2) is 42.5 Å². The van der Waals surface area contributed by atoms with E-state index < -0.39 is 5.82 Å². The van der Waals surface area contributed by atoms with Gasteiger partial charge in [-0.05, 0) is 35.4 Å². The maximum Gasteiger partial charge on any atom is 0.130 e. The van der Waals surface area contributed by atoms with E-state index in [1.807, 2.05) is 0 Å². The molecule has 0 heterocycles. The van der Waals surface area contributed by atoms with E-state index in [-0.39, 0.29) is 13.2 Å². The number of aliphatic hydroxyl groups excluding tert-OH is 2. The summed E-state index contributed by atoms with van der Waals surface area (Å²) in [6, 6.07) is 10.9. The average molecular weight is 248 g/mol. The summed E-state index contributed by atoms with van der Waals surface area (Å²) in [4.78, 5) is 0. The minimum absolute atomic E-state index is 0.0328. The van der Waals surface area contributed by atoms with Crippen molar-refractivity contribution >= 4 is 0 Å². The molecule has 2 aromatic carbocycles. The maximum absolute atomic E-state index is 13.2. The topological polar surface area (TPSA) is 49.7 Å². The zero-order chi connectivity index (χ0) is 13.0. The maximum atomic E-state index is 13.2. The molecular weight excluding hydrogens is 235 g/mol. The van der Waals surface area contributed by atoms with Crippen molar-refractivity contribution in [3.63, 3.8) is 0 Å². The first-order valence-corrected chi connectivity index (χ1v) is 5.49. The highest BCUT2D eigenvalue weighted by Gasteiger charge is 2.03. The molecule has 0 aliphatic carbocycles. The van der Waals surface area contributed by atoms with E-state index in [2.05, 4.69) is 0 Å². The number of rotatable bonds is 4. The van der Waals surface area contributed by atoms with Crippen LogP contribution in [0.5, 0.6) is 11.5 Å². The standard InChI is InChI=1S/C14H13FO3/c15-12-5-11(9-17)6-14(7-12)18-13-3-1-10(8-16)2-4-13/h1-7,16-17H,8-9H2. The largest absolute Gasteiger partial charge is 0.457 e. The Morgan fingerprint density at radius 1 is 0.833 bits per heavy atom. The molecule has 94 valence electrons. The summed E-state index contributed by atoms with van der Waals surface area (Å²) in [5.74, 6) is 0.418. The normalized spacial score (nSPS) is 10.4. The van der Waals surface area contributed by atoms with Crippen LogP contribution in [0.3, 0.4) is 0 Å². The van der Waals surface area contributed by atoms with Crippen molar-refractivity contribution in [2.45, 2.75) is 13.2 Å². The second-order valence-electron chi connectivity index (χ2n) is 3.86. The average Bonchev–Trinajstić information content (AvgIpc) is 2.39. The number of ether oxygens (including phenoxy) is 1. The van der Waals surface area contributed by atoms with Gasteiger partial charge < -0.3 is 14.9 Å². The van der Waals surface area contributed by atoms with Gasteiger partial charge in [-0.2, -0.15) is 0 Å². The van der Waals surface area contributed by atoms with E-state index >= 15 is 0 Å². The summed E-state index contributed by atoms with van der Waals surface area (Å²) in [6.07, 6.45) is 0. The molecule has 0 saturated heterocycles. The number of hydrogen-bond donors (Lipinski definition) is 2. The van der Waals surface area contributed by atoms with Crippen LogP contribution in [0.2, 0.25) is 0 Å². The Hall–Kier alpha value is -1.91. The van der Waals surface area contributed by atoms with Crippen LogP contribution in [0, 0.1) is 5.82 Å². The fourth-order valence-electron chi connectivity index (χ4n) is 1.57. The van der Waals surface area contributed by atoms with Crippen molar-refractivity contribution in [3.8, 4) is 11.5 Å². The molecule has 4 heteroatoms.